The Morgan fingerprint density at radius 2 is 1.60 bits per heavy atom. The standard InChI is InChI=1S/C21H27NO3/c1-3-22(4-2)15-14-20(21(23)24)25-19-12-10-18(11-13-19)16-17-8-6-5-7-9-17/h5-13,20H,3-4,14-16H2,1-2H3,(H,23,24). The maximum absolute atomic E-state index is 11.5. The second-order valence-corrected chi connectivity index (χ2v) is 6.07. The average molecular weight is 341 g/mol. The first-order valence-electron chi connectivity index (χ1n) is 8.87. The number of nitrogens with zero attached hydrogens (tertiary/aromatic N) is 1. The summed E-state index contributed by atoms with van der Waals surface area (Å²) in [6.07, 6.45) is 0.509. The SMILES string of the molecule is CCN(CC)CCC(Oc1ccc(Cc2ccccc2)cc1)C(=O)O. The molecule has 0 aliphatic heterocycles. The van der Waals surface area contributed by atoms with Gasteiger partial charge in [-0.2, -0.15) is 0 Å². The van der Waals surface area contributed by atoms with Crippen LogP contribution in [0.15, 0.2) is 54.6 Å². The van der Waals surface area contributed by atoms with Gasteiger partial charge in [0, 0.05) is 13.0 Å². The van der Waals surface area contributed by atoms with E-state index >= 15 is 0 Å². The molecule has 0 bridgehead atoms. The molecule has 0 spiro atoms. The van der Waals surface area contributed by atoms with Gasteiger partial charge in [0.15, 0.2) is 6.10 Å². The highest BCUT2D eigenvalue weighted by atomic mass is 16.5. The van der Waals surface area contributed by atoms with E-state index in [9.17, 15) is 9.90 Å². The van der Waals surface area contributed by atoms with Crippen molar-refractivity contribution >= 4 is 5.97 Å². The van der Waals surface area contributed by atoms with Crippen molar-refractivity contribution in [3.63, 3.8) is 0 Å². The van der Waals surface area contributed by atoms with Gasteiger partial charge in [-0.25, -0.2) is 4.79 Å². The topological polar surface area (TPSA) is 49.8 Å². The summed E-state index contributed by atoms with van der Waals surface area (Å²) >= 11 is 0. The summed E-state index contributed by atoms with van der Waals surface area (Å²) < 4.78 is 5.69. The van der Waals surface area contributed by atoms with Gasteiger partial charge in [-0.15, -0.1) is 0 Å². The Hall–Kier alpha value is -2.33. The van der Waals surface area contributed by atoms with Gasteiger partial charge in [-0.05, 0) is 42.8 Å². The monoisotopic (exact) mass is 341 g/mol. The fraction of sp³-hybridized carbons (Fsp3) is 0.381. The third-order valence-electron chi connectivity index (χ3n) is 4.33. The summed E-state index contributed by atoms with van der Waals surface area (Å²) in [5, 5.41) is 9.40. The molecule has 1 unspecified atom stereocenters. The molecule has 134 valence electrons. The maximum atomic E-state index is 11.5. The van der Waals surface area contributed by atoms with Crippen molar-refractivity contribution in [2.24, 2.45) is 0 Å². The second-order valence-electron chi connectivity index (χ2n) is 6.07. The van der Waals surface area contributed by atoms with Crippen molar-refractivity contribution < 1.29 is 14.6 Å². The molecular weight excluding hydrogens is 314 g/mol. The Kier molecular flexibility index (Phi) is 7.48. The number of carbonyl (C=O) groups is 1. The Bertz CT molecular complexity index is 636. The highest BCUT2D eigenvalue weighted by Crippen LogP contribution is 2.17. The van der Waals surface area contributed by atoms with Crippen molar-refractivity contribution in [2.75, 3.05) is 19.6 Å². The first-order valence-corrected chi connectivity index (χ1v) is 8.87. The lowest BCUT2D eigenvalue weighted by molar-refractivity contribution is -0.145. The molecule has 0 heterocycles. The minimum atomic E-state index is -0.916. The molecule has 0 saturated heterocycles. The summed E-state index contributed by atoms with van der Waals surface area (Å²) in [5.41, 5.74) is 2.42. The number of ether oxygens (including phenoxy) is 1. The fourth-order valence-electron chi connectivity index (χ4n) is 2.75. The molecule has 1 atom stereocenters. The highest BCUT2D eigenvalue weighted by Gasteiger charge is 2.20. The molecule has 0 aromatic heterocycles. The largest absolute Gasteiger partial charge is 0.479 e. The summed E-state index contributed by atoms with van der Waals surface area (Å²) in [7, 11) is 0. The van der Waals surface area contributed by atoms with E-state index in [1.807, 2.05) is 42.5 Å². The lowest BCUT2D eigenvalue weighted by atomic mass is 10.1. The predicted octanol–water partition coefficient (Wildman–Crippen LogP) is 3.84. The number of hydrogen-bond acceptors (Lipinski definition) is 3. The van der Waals surface area contributed by atoms with Crippen molar-refractivity contribution in [1.82, 2.24) is 4.90 Å². The Balaban J connectivity index is 1.94. The Morgan fingerprint density at radius 1 is 1.00 bits per heavy atom. The average Bonchev–Trinajstić information content (AvgIpc) is 2.63. The Morgan fingerprint density at radius 3 is 2.16 bits per heavy atom. The van der Waals surface area contributed by atoms with Crippen LogP contribution < -0.4 is 4.74 Å². The molecular formula is C21H27NO3. The van der Waals surface area contributed by atoms with E-state index in [0.717, 1.165) is 26.1 Å². The number of rotatable bonds is 10. The Labute approximate surface area is 150 Å². The van der Waals surface area contributed by atoms with Crippen LogP contribution in [0.1, 0.15) is 31.4 Å². The smallest absolute Gasteiger partial charge is 0.344 e. The van der Waals surface area contributed by atoms with Crippen LogP contribution in [0.3, 0.4) is 0 Å². The fourth-order valence-corrected chi connectivity index (χ4v) is 2.75. The molecule has 0 aliphatic carbocycles. The zero-order valence-electron chi connectivity index (χ0n) is 15.0. The molecule has 2 rings (SSSR count). The van der Waals surface area contributed by atoms with E-state index in [-0.39, 0.29) is 0 Å². The van der Waals surface area contributed by atoms with Crippen molar-refractivity contribution in [1.29, 1.82) is 0 Å². The number of carboxylic acid groups (broad SMARTS) is 1. The van der Waals surface area contributed by atoms with Gasteiger partial charge in [-0.1, -0.05) is 56.3 Å². The third-order valence-corrected chi connectivity index (χ3v) is 4.33. The third kappa shape index (κ3) is 6.24. The van der Waals surface area contributed by atoms with Crippen molar-refractivity contribution in [3.8, 4) is 5.75 Å². The summed E-state index contributed by atoms with van der Waals surface area (Å²) in [5.74, 6) is -0.315. The number of carboxylic acids is 1. The second kappa shape index (κ2) is 9.84. The van der Waals surface area contributed by atoms with E-state index in [0.29, 0.717) is 12.2 Å². The van der Waals surface area contributed by atoms with Gasteiger partial charge < -0.3 is 14.7 Å². The van der Waals surface area contributed by atoms with Gasteiger partial charge in [0.2, 0.25) is 0 Å². The zero-order valence-corrected chi connectivity index (χ0v) is 15.0. The van der Waals surface area contributed by atoms with Crippen LogP contribution in [-0.4, -0.2) is 41.7 Å². The van der Waals surface area contributed by atoms with E-state index in [1.165, 1.54) is 11.1 Å². The van der Waals surface area contributed by atoms with Gasteiger partial charge in [0.25, 0.3) is 0 Å². The van der Waals surface area contributed by atoms with Gasteiger partial charge in [0.1, 0.15) is 5.75 Å². The number of aliphatic carboxylic acids is 1. The van der Waals surface area contributed by atoms with Crippen LogP contribution >= 0.6 is 0 Å². The quantitative estimate of drug-likeness (QED) is 0.713. The minimum Gasteiger partial charge on any atom is -0.479 e. The molecule has 0 saturated carbocycles. The van der Waals surface area contributed by atoms with Gasteiger partial charge >= 0.3 is 5.97 Å². The molecule has 0 radical (unpaired) electrons. The van der Waals surface area contributed by atoms with Crippen molar-refractivity contribution in [2.45, 2.75) is 32.8 Å². The van der Waals surface area contributed by atoms with Crippen LogP contribution in [0, 0.1) is 0 Å². The lowest BCUT2D eigenvalue weighted by Gasteiger charge is -2.21. The maximum Gasteiger partial charge on any atom is 0.344 e. The molecule has 4 nitrogen and oxygen atoms in total. The van der Waals surface area contributed by atoms with Gasteiger partial charge in [0.05, 0.1) is 0 Å². The first-order chi connectivity index (χ1) is 12.1. The number of hydrogen-bond donors (Lipinski definition) is 1. The molecule has 0 fully saturated rings. The predicted molar refractivity (Wildman–Crippen MR) is 100 cm³/mol. The molecule has 4 heteroatoms. The van der Waals surface area contributed by atoms with Crippen LogP contribution in [0.25, 0.3) is 0 Å². The molecule has 0 aliphatic rings. The zero-order chi connectivity index (χ0) is 18.1. The number of benzene rings is 2. The first kappa shape index (κ1) is 19.0. The molecule has 2 aromatic carbocycles. The minimum absolute atomic E-state index is 0.475. The normalized spacial score (nSPS) is 12.1. The summed E-state index contributed by atoms with van der Waals surface area (Å²) in [4.78, 5) is 13.7. The summed E-state index contributed by atoms with van der Waals surface area (Å²) in [6.45, 7) is 6.70. The molecule has 1 N–H and O–H groups in total. The lowest BCUT2D eigenvalue weighted by Crippen LogP contribution is -2.33. The van der Waals surface area contributed by atoms with Crippen molar-refractivity contribution in [3.05, 3.63) is 65.7 Å². The molecule has 2 aromatic rings. The highest BCUT2D eigenvalue weighted by molar-refractivity contribution is 5.72. The molecule has 25 heavy (non-hydrogen) atoms. The van der Waals surface area contributed by atoms with Gasteiger partial charge in [-0.3, -0.25) is 0 Å². The van der Waals surface area contributed by atoms with Crippen LogP contribution in [0.5, 0.6) is 5.75 Å². The van der Waals surface area contributed by atoms with E-state index in [1.54, 1.807) is 0 Å². The van der Waals surface area contributed by atoms with Crippen LogP contribution in [0.2, 0.25) is 0 Å². The van der Waals surface area contributed by atoms with E-state index in [2.05, 4.69) is 30.9 Å². The van der Waals surface area contributed by atoms with E-state index in [4.69, 9.17) is 4.74 Å². The van der Waals surface area contributed by atoms with E-state index < -0.39 is 12.1 Å². The van der Waals surface area contributed by atoms with Crippen LogP contribution in [-0.2, 0) is 11.2 Å². The summed E-state index contributed by atoms with van der Waals surface area (Å²) in [6, 6.07) is 17.9. The van der Waals surface area contributed by atoms with Crippen LogP contribution in [0.4, 0.5) is 0 Å². The molecule has 0 amide bonds.